The summed E-state index contributed by atoms with van der Waals surface area (Å²) in [6.07, 6.45) is 1.40. The molecule has 0 aliphatic carbocycles. The van der Waals surface area contributed by atoms with Crippen LogP contribution in [0.5, 0.6) is 11.5 Å². The van der Waals surface area contributed by atoms with E-state index in [2.05, 4.69) is 16.8 Å². The number of carbonyl (C=O) groups excluding carboxylic acids is 1. The Morgan fingerprint density at radius 3 is 2.59 bits per heavy atom. The van der Waals surface area contributed by atoms with E-state index in [4.69, 9.17) is 20.9 Å². The molecule has 0 aliphatic heterocycles. The molecule has 27 heavy (non-hydrogen) atoms. The lowest BCUT2D eigenvalue weighted by Crippen LogP contribution is -2.00. The first-order valence-electron chi connectivity index (χ1n) is 8.23. The quantitative estimate of drug-likeness (QED) is 0.528. The number of aromatic nitrogens is 1. The molecular weight excluding hydrogens is 362 g/mol. The monoisotopic (exact) mass is 381 g/mol. The van der Waals surface area contributed by atoms with E-state index in [0.29, 0.717) is 50.1 Å². The molecule has 0 saturated heterocycles. The van der Waals surface area contributed by atoms with E-state index >= 15 is 0 Å². The number of nitrogens with two attached hydrogens (primary N) is 2. The van der Waals surface area contributed by atoms with Crippen molar-refractivity contribution in [1.29, 1.82) is 0 Å². The van der Waals surface area contributed by atoms with Gasteiger partial charge in [0, 0.05) is 17.4 Å². The van der Waals surface area contributed by atoms with E-state index in [9.17, 15) is 4.79 Å². The smallest absolute Gasteiger partial charge is 0.162 e. The number of benzene rings is 1. The SMILES string of the molecule is CCC#Cc1c(N)nc2sc(C=O)c(N)c2c1-c1ccc(OC)c(OC)c1. The fraction of sp³-hybridized carbons (Fsp3) is 0.200. The minimum absolute atomic E-state index is 0.298. The molecule has 0 bridgehead atoms. The number of fused-ring (bicyclic) bond motifs is 1. The van der Waals surface area contributed by atoms with E-state index in [1.165, 1.54) is 11.3 Å². The second-order valence-electron chi connectivity index (χ2n) is 5.65. The molecule has 2 aromatic heterocycles. The molecule has 0 amide bonds. The fourth-order valence-electron chi connectivity index (χ4n) is 2.86. The van der Waals surface area contributed by atoms with E-state index in [1.54, 1.807) is 20.3 Å². The molecule has 138 valence electrons. The molecule has 0 spiro atoms. The van der Waals surface area contributed by atoms with Gasteiger partial charge in [0.25, 0.3) is 0 Å². The maximum atomic E-state index is 11.4. The summed E-state index contributed by atoms with van der Waals surface area (Å²) in [5, 5.41) is 0.670. The summed E-state index contributed by atoms with van der Waals surface area (Å²) in [5.41, 5.74) is 15.0. The molecule has 0 radical (unpaired) electrons. The van der Waals surface area contributed by atoms with Gasteiger partial charge in [-0.2, -0.15) is 0 Å². The van der Waals surface area contributed by atoms with Crippen LogP contribution < -0.4 is 20.9 Å². The lowest BCUT2D eigenvalue weighted by Gasteiger charge is -2.13. The first-order valence-corrected chi connectivity index (χ1v) is 9.05. The van der Waals surface area contributed by atoms with Crippen molar-refractivity contribution in [3.05, 3.63) is 28.6 Å². The molecule has 4 N–H and O–H groups in total. The number of ether oxygens (including phenoxy) is 2. The van der Waals surface area contributed by atoms with Gasteiger partial charge in [0.05, 0.1) is 30.3 Å². The van der Waals surface area contributed by atoms with E-state index in [-0.39, 0.29) is 0 Å². The molecule has 0 unspecified atom stereocenters. The van der Waals surface area contributed by atoms with Crippen molar-refractivity contribution in [3.8, 4) is 34.5 Å². The Balaban J connectivity index is 2.44. The van der Waals surface area contributed by atoms with E-state index < -0.39 is 0 Å². The van der Waals surface area contributed by atoms with Gasteiger partial charge >= 0.3 is 0 Å². The standard InChI is InChI=1S/C20H19N3O3S/c1-4-5-6-12-16(11-7-8-13(25-2)14(9-11)26-3)17-18(21)15(10-24)27-20(17)23-19(12)22/h7-10H,4,21H2,1-3H3,(H2,22,23). The Bertz CT molecular complexity index is 1090. The van der Waals surface area contributed by atoms with Crippen molar-refractivity contribution in [1.82, 2.24) is 4.98 Å². The zero-order valence-corrected chi connectivity index (χ0v) is 16.1. The predicted molar refractivity (Wildman–Crippen MR) is 110 cm³/mol. The second kappa shape index (κ2) is 7.56. The molecule has 6 nitrogen and oxygen atoms in total. The normalized spacial score (nSPS) is 10.3. The summed E-state index contributed by atoms with van der Waals surface area (Å²) in [6.45, 7) is 1.95. The van der Waals surface area contributed by atoms with Crippen LogP contribution >= 0.6 is 11.3 Å². The molecule has 3 rings (SSSR count). The predicted octanol–water partition coefficient (Wildman–Crippen LogP) is 3.72. The number of aldehydes is 1. The van der Waals surface area contributed by atoms with Crippen LogP contribution in [0.2, 0.25) is 0 Å². The summed E-state index contributed by atoms with van der Waals surface area (Å²) in [7, 11) is 3.14. The number of anilines is 2. The minimum atomic E-state index is 0.298. The number of rotatable bonds is 4. The third-order valence-electron chi connectivity index (χ3n) is 4.10. The zero-order chi connectivity index (χ0) is 19.6. The van der Waals surface area contributed by atoms with Crippen molar-refractivity contribution in [2.45, 2.75) is 13.3 Å². The van der Waals surface area contributed by atoms with Crippen LogP contribution in [0.15, 0.2) is 18.2 Å². The Labute approximate surface area is 161 Å². The Morgan fingerprint density at radius 1 is 1.22 bits per heavy atom. The van der Waals surface area contributed by atoms with Crippen molar-refractivity contribution in [2.24, 2.45) is 0 Å². The van der Waals surface area contributed by atoms with Gasteiger partial charge in [-0.1, -0.05) is 24.8 Å². The molecule has 2 heterocycles. The van der Waals surface area contributed by atoms with E-state index in [0.717, 1.165) is 17.4 Å². The van der Waals surface area contributed by atoms with E-state index in [1.807, 2.05) is 19.1 Å². The van der Waals surface area contributed by atoms with Crippen LogP contribution in [-0.4, -0.2) is 25.5 Å². The van der Waals surface area contributed by atoms with Gasteiger partial charge < -0.3 is 20.9 Å². The number of methoxy groups -OCH3 is 2. The van der Waals surface area contributed by atoms with Gasteiger partial charge in [0.2, 0.25) is 0 Å². The molecule has 0 atom stereocenters. The number of pyridine rings is 1. The summed E-state index contributed by atoms with van der Waals surface area (Å²) in [6, 6.07) is 5.52. The summed E-state index contributed by atoms with van der Waals surface area (Å²) in [4.78, 5) is 16.8. The van der Waals surface area contributed by atoms with Gasteiger partial charge in [0.1, 0.15) is 10.6 Å². The van der Waals surface area contributed by atoms with Gasteiger partial charge in [-0.15, -0.1) is 11.3 Å². The molecule has 7 heteroatoms. The summed E-state index contributed by atoms with van der Waals surface area (Å²) in [5.74, 6) is 7.60. The molecule has 0 aliphatic rings. The third kappa shape index (κ3) is 3.15. The summed E-state index contributed by atoms with van der Waals surface area (Å²) < 4.78 is 10.7. The van der Waals surface area contributed by atoms with Crippen LogP contribution in [0, 0.1) is 11.8 Å². The van der Waals surface area contributed by atoms with Crippen LogP contribution in [0.1, 0.15) is 28.6 Å². The topological polar surface area (TPSA) is 100 Å². The number of hydrogen-bond acceptors (Lipinski definition) is 7. The highest BCUT2D eigenvalue weighted by Crippen LogP contribution is 2.43. The number of nitrogens with zero attached hydrogens (tertiary/aromatic N) is 1. The van der Waals surface area contributed by atoms with Crippen molar-refractivity contribution < 1.29 is 14.3 Å². The first-order chi connectivity index (χ1) is 13.0. The molecular formula is C20H19N3O3S. The third-order valence-corrected chi connectivity index (χ3v) is 5.13. The Morgan fingerprint density at radius 2 is 1.96 bits per heavy atom. The average Bonchev–Trinajstić information content (AvgIpc) is 3.00. The van der Waals surface area contributed by atoms with Crippen molar-refractivity contribution >= 4 is 39.3 Å². The fourth-order valence-corrected chi connectivity index (χ4v) is 3.79. The van der Waals surface area contributed by atoms with Crippen LogP contribution in [-0.2, 0) is 0 Å². The molecule has 3 aromatic rings. The summed E-state index contributed by atoms with van der Waals surface area (Å²) >= 11 is 1.21. The van der Waals surface area contributed by atoms with Gasteiger partial charge in [0.15, 0.2) is 17.8 Å². The van der Waals surface area contributed by atoms with Crippen LogP contribution in [0.4, 0.5) is 11.5 Å². The molecule has 1 aromatic carbocycles. The average molecular weight is 381 g/mol. The number of hydrogen-bond donors (Lipinski definition) is 2. The van der Waals surface area contributed by atoms with Gasteiger partial charge in [-0.25, -0.2) is 4.98 Å². The first kappa shape index (κ1) is 18.5. The highest BCUT2D eigenvalue weighted by atomic mass is 32.1. The maximum Gasteiger partial charge on any atom is 0.162 e. The Hall–Kier alpha value is -3.24. The van der Waals surface area contributed by atoms with Crippen molar-refractivity contribution in [2.75, 3.05) is 25.7 Å². The van der Waals surface area contributed by atoms with Crippen molar-refractivity contribution in [3.63, 3.8) is 0 Å². The number of thiophene rings is 1. The Kier molecular flexibility index (Phi) is 5.19. The van der Waals surface area contributed by atoms with Gasteiger partial charge in [-0.3, -0.25) is 4.79 Å². The lowest BCUT2D eigenvalue weighted by atomic mass is 9.96. The lowest BCUT2D eigenvalue weighted by molar-refractivity contribution is 0.112. The number of carbonyl (C=O) groups is 1. The molecule has 0 saturated carbocycles. The highest BCUT2D eigenvalue weighted by molar-refractivity contribution is 7.21. The number of nitrogen functional groups attached to an aromatic ring is 2. The highest BCUT2D eigenvalue weighted by Gasteiger charge is 2.21. The largest absolute Gasteiger partial charge is 0.493 e. The van der Waals surface area contributed by atoms with Crippen LogP contribution in [0.25, 0.3) is 21.3 Å². The zero-order valence-electron chi connectivity index (χ0n) is 15.3. The molecule has 0 fully saturated rings. The van der Waals surface area contributed by atoms with Gasteiger partial charge in [-0.05, 0) is 17.7 Å². The minimum Gasteiger partial charge on any atom is -0.493 e. The second-order valence-corrected chi connectivity index (χ2v) is 6.68. The maximum absolute atomic E-state index is 11.4. The van der Waals surface area contributed by atoms with Crippen LogP contribution in [0.3, 0.4) is 0 Å².